The molecular weight excluding hydrogens is 302 g/mol. The summed E-state index contributed by atoms with van der Waals surface area (Å²) in [5, 5.41) is 20.3. The number of benzene rings is 2. The van der Waals surface area contributed by atoms with E-state index in [0.717, 1.165) is 5.69 Å². The highest BCUT2D eigenvalue weighted by atomic mass is 16.4. The maximum atomic E-state index is 11.3. The molecular formula is C14H17N5O4. The van der Waals surface area contributed by atoms with E-state index in [1.807, 2.05) is 25.1 Å². The van der Waals surface area contributed by atoms with E-state index < -0.39 is 12.2 Å². The number of amides is 2. The van der Waals surface area contributed by atoms with Crippen molar-refractivity contribution in [2.45, 2.75) is 0 Å². The summed E-state index contributed by atoms with van der Waals surface area (Å²) in [6.45, 7) is 0. The van der Waals surface area contributed by atoms with Crippen LogP contribution in [0.1, 0.15) is 0 Å². The van der Waals surface area contributed by atoms with Crippen molar-refractivity contribution in [2.75, 3.05) is 29.0 Å². The lowest BCUT2D eigenvalue weighted by Crippen LogP contribution is -2.41. The first-order valence-corrected chi connectivity index (χ1v) is 6.53. The maximum absolute atomic E-state index is 11.3. The molecule has 6 N–H and O–H groups in total. The van der Waals surface area contributed by atoms with E-state index in [-0.39, 0.29) is 11.4 Å². The smallest absolute Gasteiger partial charge is 0.426 e. The third-order valence-corrected chi connectivity index (χ3v) is 3.38. The van der Waals surface area contributed by atoms with Crippen LogP contribution in [-0.4, -0.2) is 36.5 Å². The number of hydrogen-bond donors (Lipinski definition) is 4. The van der Waals surface area contributed by atoms with E-state index in [1.165, 1.54) is 6.07 Å². The van der Waals surface area contributed by atoms with Gasteiger partial charge >= 0.3 is 12.2 Å². The highest BCUT2D eigenvalue weighted by molar-refractivity contribution is 6.09. The number of carboxylic acid groups (broad SMARTS) is 2. The number of nitrogens with two attached hydrogens (primary N) is 2. The standard InChI is InChI=1S/C14H17N5O4/c1-17(2)9-5-3-8-4-6-11(18(15)13(20)21)12(10(8)7-9)19(16)14(22)23/h3-7H,15-16H2,1-2H3,(H,20,21)(H,22,23). The van der Waals surface area contributed by atoms with Crippen LogP contribution < -0.4 is 26.6 Å². The molecule has 2 amide bonds. The second-order valence-corrected chi connectivity index (χ2v) is 5.04. The summed E-state index contributed by atoms with van der Waals surface area (Å²) in [6, 6.07) is 8.41. The van der Waals surface area contributed by atoms with Crippen molar-refractivity contribution in [3.63, 3.8) is 0 Å². The van der Waals surface area contributed by atoms with Crippen LogP contribution in [0.15, 0.2) is 30.3 Å². The molecule has 0 heterocycles. The Morgan fingerprint density at radius 1 is 0.957 bits per heavy atom. The Morgan fingerprint density at radius 3 is 2.04 bits per heavy atom. The number of fused-ring (bicyclic) bond motifs is 1. The van der Waals surface area contributed by atoms with E-state index in [2.05, 4.69) is 0 Å². The topological polar surface area (TPSA) is 136 Å². The van der Waals surface area contributed by atoms with Crippen LogP contribution in [0.25, 0.3) is 10.8 Å². The van der Waals surface area contributed by atoms with Crippen molar-refractivity contribution in [3.05, 3.63) is 30.3 Å². The fraction of sp³-hybridized carbons (Fsp3) is 0.143. The summed E-state index contributed by atoms with van der Waals surface area (Å²) in [6.07, 6.45) is -2.87. The second-order valence-electron chi connectivity index (χ2n) is 5.04. The zero-order chi connectivity index (χ0) is 17.3. The average molecular weight is 319 g/mol. The summed E-state index contributed by atoms with van der Waals surface area (Å²) in [7, 11) is 3.66. The van der Waals surface area contributed by atoms with Gasteiger partial charge in [0.2, 0.25) is 0 Å². The molecule has 0 unspecified atom stereocenters. The molecule has 9 nitrogen and oxygen atoms in total. The van der Waals surface area contributed by atoms with E-state index in [4.69, 9.17) is 16.8 Å². The molecule has 0 aliphatic heterocycles. The van der Waals surface area contributed by atoms with Crippen LogP contribution in [0, 0.1) is 0 Å². The van der Waals surface area contributed by atoms with Gasteiger partial charge in [0.25, 0.3) is 0 Å². The van der Waals surface area contributed by atoms with Crippen molar-refractivity contribution in [1.29, 1.82) is 0 Å². The molecule has 2 aromatic carbocycles. The summed E-state index contributed by atoms with van der Waals surface area (Å²) in [5.41, 5.74) is 0.753. The van der Waals surface area contributed by atoms with Crippen molar-refractivity contribution in [1.82, 2.24) is 0 Å². The maximum Gasteiger partial charge on any atom is 0.426 e. The normalized spacial score (nSPS) is 10.4. The average Bonchev–Trinajstić information content (AvgIpc) is 2.51. The monoisotopic (exact) mass is 319 g/mol. The molecule has 122 valence electrons. The first-order valence-electron chi connectivity index (χ1n) is 6.53. The van der Waals surface area contributed by atoms with Gasteiger partial charge < -0.3 is 15.1 Å². The van der Waals surface area contributed by atoms with Crippen LogP contribution in [-0.2, 0) is 0 Å². The highest BCUT2D eigenvalue weighted by Gasteiger charge is 2.23. The zero-order valence-electron chi connectivity index (χ0n) is 12.6. The number of carbonyl (C=O) groups is 2. The van der Waals surface area contributed by atoms with Crippen LogP contribution >= 0.6 is 0 Å². The molecule has 0 aromatic heterocycles. The Balaban J connectivity index is 2.83. The van der Waals surface area contributed by atoms with Gasteiger partial charge in [-0.05, 0) is 23.6 Å². The van der Waals surface area contributed by atoms with E-state index in [1.54, 1.807) is 18.2 Å². The molecule has 23 heavy (non-hydrogen) atoms. The molecule has 2 rings (SSSR count). The Hall–Kier alpha value is -3.04. The van der Waals surface area contributed by atoms with Crippen LogP contribution in [0.4, 0.5) is 26.7 Å². The van der Waals surface area contributed by atoms with Gasteiger partial charge in [0, 0.05) is 25.2 Å². The Labute approximate surface area is 131 Å². The van der Waals surface area contributed by atoms with Gasteiger partial charge in [0.15, 0.2) is 0 Å². The molecule has 0 atom stereocenters. The molecule has 0 radical (unpaired) electrons. The molecule has 0 spiro atoms. The summed E-state index contributed by atoms with van der Waals surface area (Å²) >= 11 is 0. The van der Waals surface area contributed by atoms with Crippen molar-refractivity contribution in [2.24, 2.45) is 11.7 Å². The first kappa shape index (κ1) is 16.3. The molecule has 0 bridgehead atoms. The minimum Gasteiger partial charge on any atom is -0.464 e. The van der Waals surface area contributed by atoms with E-state index in [0.29, 0.717) is 20.8 Å². The van der Waals surface area contributed by atoms with Crippen LogP contribution in [0.3, 0.4) is 0 Å². The van der Waals surface area contributed by atoms with E-state index in [9.17, 15) is 14.7 Å². The third-order valence-electron chi connectivity index (χ3n) is 3.38. The largest absolute Gasteiger partial charge is 0.464 e. The van der Waals surface area contributed by atoms with Gasteiger partial charge in [-0.2, -0.15) is 0 Å². The van der Waals surface area contributed by atoms with Crippen LogP contribution in [0.5, 0.6) is 0 Å². The van der Waals surface area contributed by atoms with Crippen LogP contribution in [0.2, 0.25) is 0 Å². The molecule has 0 saturated heterocycles. The minimum absolute atomic E-state index is 0.0106. The molecule has 0 fully saturated rings. The number of rotatable bonds is 3. The minimum atomic E-state index is -1.44. The fourth-order valence-corrected chi connectivity index (χ4v) is 2.20. The molecule has 0 aliphatic rings. The lowest BCUT2D eigenvalue weighted by Gasteiger charge is -2.24. The van der Waals surface area contributed by atoms with Gasteiger partial charge in [-0.3, -0.25) is 0 Å². The number of hydrazine groups is 2. The van der Waals surface area contributed by atoms with Gasteiger partial charge in [-0.25, -0.2) is 31.3 Å². The van der Waals surface area contributed by atoms with E-state index >= 15 is 0 Å². The highest BCUT2D eigenvalue weighted by Crippen LogP contribution is 2.37. The number of hydrogen-bond acceptors (Lipinski definition) is 5. The predicted molar refractivity (Wildman–Crippen MR) is 87.7 cm³/mol. The zero-order valence-corrected chi connectivity index (χ0v) is 12.6. The Bertz CT molecular complexity index is 777. The summed E-state index contributed by atoms with van der Waals surface area (Å²) in [5.74, 6) is 11.1. The second kappa shape index (κ2) is 5.99. The Morgan fingerprint density at radius 2 is 1.52 bits per heavy atom. The predicted octanol–water partition coefficient (Wildman–Crippen LogP) is 1.62. The van der Waals surface area contributed by atoms with Crippen molar-refractivity contribution >= 4 is 40.0 Å². The van der Waals surface area contributed by atoms with Crippen molar-refractivity contribution in [3.8, 4) is 0 Å². The number of nitrogens with zero attached hydrogens (tertiary/aromatic N) is 3. The molecule has 0 aliphatic carbocycles. The first-order chi connectivity index (χ1) is 10.7. The quantitative estimate of drug-likeness (QED) is 0.383. The SMILES string of the molecule is CN(C)c1ccc2ccc(N(N)C(=O)O)c(N(N)C(=O)O)c2c1. The lowest BCUT2D eigenvalue weighted by atomic mass is 10.1. The Kier molecular flexibility index (Phi) is 4.25. The fourth-order valence-electron chi connectivity index (χ4n) is 2.20. The van der Waals surface area contributed by atoms with Gasteiger partial charge in [0.05, 0.1) is 11.4 Å². The lowest BCUT2D eigenvalue weighted by molar-refractivity contribution is 0.200. The number of anilines is 3. The summed E-state index contributed by atoms with van der Waals surface area (Å²) < 4.78 is 0. The molecule has 0 saturated carbocycles. The van der Waals surface area contributed by atoms with Gasteiger partial charge in [-0.1, -0.05) is 12.1 Å². The van der Waals surface area contributed by atoms with Crippen molar-refractivity contribution < 1.29 is 19.8 Å². The summed E-state index contributed by atoms with van der Waals surface area (Å²) in [4.78, 5) is 24.3. The molecule has 2 aromatic rings. The van der Waals surface area contributed by atoms with Gasteiger partial charge in [0.1, 0.15) is 0 Å². The third kappa shape index (κ3) is 2.96. The molecule has 9 heteroatoms. The van der Waals surface area contributed by atoms with Gasteiger partial charge in [-0.15, -0.1) is 0 Å².